The number of hydrogen-bond acceptors (Lipinski definition) is 2. The molecule has 86 valence electrons. The van der Waals surface area contributed by atoms with E-state index in [9.17, 15) is 18.0 Å². The fourth-order valence-corrected chi connectivity index (χ4v) is 1.43. The van der Waals surface area contributed by atoms with Crippen LogP contribution in [0.1, 0.15) is 15.9 Å². The van der Waals surface area contributed by atoms with E-state index in [4.69, 9.17) is 4.74 Å². The summed E-state index contributed by atoms with van der Waals surface area (Å²) < 4.78 is 42.3. The van der Waals surface area contributed by atoms with Crippen molar-refractivity contribution in [2.45, 2.75) is 6.18 Å². The molecule has 2 rings (SSSR count). The molecule has 1 amide bonds. The third-order valence-electron chi connectivity index (χ3n) is 2.20. The normalized spacial score (nSPS) is 15.8. The summed E-state index contributed by atoms with van der Waals surface area (Å²) in [6.07, 6.45) is -4.43. The van der Waals surface area contributed by atoms with Gasteiger partial charge in [-0.25, -0.2) is 0 Å². The van der Waals surface area contributed by atoms with Crippen molar-refractivity contribution in [2.24, 2.45) is 0 Å². The van der Waals surface area contributed by atoms with E-state index in [0.717, 1.165) is 18.2 Å². The highest BCUT2D eigenvalue weighted by molar-refractivity contribution is 5.97. The Balaban J connectivity index is 2.45. The van der Waals surface area contributed by atoms with Crippen LogP contribution in [-0.2, 0) is 6.18 Å². The molecule has 1 heterocycles. The lowest BCUT2D eigenvalue weighted by molar-refractivity contribution is -0.137. The molecule has 16 heavy (non-hydrogen) atoms. The molecule has 0 aliphatic carbocycles. The van der Waals surface area contributed by atoms with Gasteiger partial charge in [-0.1, -0.05) is 0 Å². The van der Waals surface area contributed by atoms with Crippen molar-refractivity contribution in [3.05, 3.63) is 29.3 Å². The largest absolute Gasteiger partial charge is 0.491 e. The van der Waals surface area contributed by atoms with E-state index in [1.165, 1.54) is 0 Å². The van der Waals surface area contributed by atoms with E-state index in [0.29, 0.717) is 0 Å². The second-order valence-electron chi connectivity index (χ2n) is 3.31. The van der Waals surface area contributed by atoms with Gasteiger partial charge in [0.1, 0.15) is 12.4 Å². The number of benzene rings is 1. The first-order valence-electron chi connectivity index (χ1n) is 4.61. The van der Waals surface area contributed by atoms with Crippen LogP contribution in [0.15, 0.2) is 18.2 Å². The van der Waals surface area contributed by atoms with Crippen LogP contribution >= 0.6 is 0 Å². The molecule has 0 bridgehead atoms. The van der Waals surface area contributed by atoms with Gasteiger partial charge in [-0.3, -0.25) is 4.79 Å². The summed E-state index contributed by atoms with van der Waals surface area (Å²) in [6, 6.07) is 2.84. The molecule has 0 aromatic heterocycles. The van der Waals surface area contributed by atoms with Crippen molar-refractivity contribution in [3.8, 4) is 5.75 Å². The maximum absolute atomic E-state index is 12.4. The van der Waals surface area contributed by atoms with Crippen molar-refractivity contribution in [1.29, 1.82) is 0 Å². The average Bonchev–Trinajstić information content (AvgIpc) is 2.39. The van der Waals surface area contributed by atoms with E-state index in [1.807, 2.05) is 0 Å². The zero-order valence-corrected chi connectivity index (χ0v) is 8.10. The molecule has 0 fully saturated rings. The minimum atomic E-state index is -4.43. The zero-order chi connectivity index (χ0) is 11.8. The van der Waals surface area contributed by atoms with Gasteiger partial charge >= 0.3 is 6.18 Å². The lowest BCUT2D eigenvalue weighted by atomic mass is 10.1. The van der Waals surface area contributed by atoms with E-state index in [-0.39, 0.29) is 24.5 Å². The number of nitrogens with one attached hydrogen (secondary N) is 1. The fourth-order valence-electron chi connectivity index (χ4n) is 1.43. The molecule has 3 nitrogen and oxygen atoms in total. The quantitative estimate of drug-likeness (QED) is 0.739. The third kappa shape index (κ3) is 1.95. The Hall–Kier alpha value is -1.72. The molecular formula is C10H8F3NO2. The number of hydrogen-bond donors (Lipinski definition) is 1. The molecular weight excluding hydrogens is 223 g/mol. The van der Waals surface area contributed by atoms with E-state index >= 15 is 0 Å². The monoisotopic (exact) mass is 231 g/mol. The first kappa shape index (κ1) is 10.8. The predicted molar refractivity (Wildman–Crippen MR) is 49.3 cm³/mol. The highest BCUT2D eigenvalue weighted by Gasteiger charge is 2.32. The molecule has 0 saturated heterocycles. The van der Waals surface area contributed by atoms with Crippen LogP contribution in [0.3, 0.4) is 0 Å². The van der Waals surface area contributed by atoms with E-state index in [2.05, 4.69) is 5.32 Å². The Kier molecular flexibility index (Phi) is 2.49. The number of halogens is 3. The Morgan fingerprint density at radius 3 is 2.75 bits per heavy atom. The number of rotatable bonds is 0. The van der Waals surface area contributed by atoms with Gasteiger partial charge in [0.15, 0.2) is 0 Å². The van der Waals surface area contributed by atoms with E-state index < -0.39 is 17.6 Å². The average molecular weight is 231 g/mol. The highest BCUT2D eigenvalue weighted by atomic mass is 19.4. The summed E-state index contributed by atoms with van der Waals surface area (Å²) in [5.74, 6) is -0.439. The number of fused-ring (bicyclic) bond motifs is 1. The Bertz CT molecular complexity index is 429. The number of amides is 1. The van der Waals surface area contributed by atoms with Gasteiger partial charge in [-0.2, -0.15) is 13.2 Å². The molecule has 1 aliphatic rings. The standard InChI is InChI=1S/C10H8F3NO2/c11-10(12,13)6-1-2-7-8(5-6)16-4-3-14-9(7)15/h1-2,5H,3-4H2,(H,14,15). The number of carbonyl (C=O) groups is 1. The molecule has 0 atom stereocenters. The molecule has 1 N–H and O–H groups in total. The van der Waals surface area contributed by atoms with Crippen LogP contribution < -0.4 is 10.1 Å². The summed E-state index contributed by atoms with van der Waals surface area (Å²) in [6.45, 7) is 0.453. The summed E-state index contributed by atoms with van der Waals surface area (Å²) >= 11 is 0. The van der Waals surface area contributed by atoms with Crippen LogP contribution in [0.25, 0.3) is 0 Å². The minimum absolute atomic E-state index is 0.0233. The van der Waals surface area contributed by atoms with Gasteiger partial charge < -0.3 is 10.1 Å². The van der Waals surface area contributed by atoms with Gasteiger partial charge in [0.2, 0.25) is 0 Å². The molecule has 1 aliphatic heterocycles. The summed E-state index contributed by atoms with van der Waals surface area (Å²) in [7, 11) is 0. The first-order chi connectivity index (χ1) is 7.48. The minimum Gasteiger partial charge on any atom is -0.491 e. The fraction of sp³-hybridized carbons (Fsp3) is 0.300. The molecule has 0 saturated carbocycles. The molecule has 6 heteroatoms. The molecule has 0 spiro atoms. The van der Waals surface area contributed by atoms with Crippen LogP contribution in [0.2, 0.25) is 0 Å². The van der Waals surface area contributed by atoms with Gasteiger partial charge in [0.05, 0.1) is 17.7 Å². The van der Waals surface area contributed by atoms with Crippen LogP contribution in [-0.4, -0.2) is 19.1 Å². The number of alkyl halides is 3. The number of carbonyl (C=O) groups excluding carboxylic acids is 1. The van der Waals surface area contributed by atoms with Crippen molar-refractivity contribution in [3.63, 3.8) is 0 Å². The first-order valence-corrected chi connectivity index (χ1v) is 4.61. The predicted octanol–water partition coefficient (Wildman–Crippen LogP) is 1.83. The van der Waals surface area contributed by atoms with Crippen LogP contribution in [0.5, 0.6) is 5.75 Å². The van der Waals surface area contributed by atoms with Crippen molar-refractivity contribution in [1.82, 2.24) is 5.32 Å². The van der Waals surface area contributed by atoms with Crippen LogP contribution in [0.4, 0.5) is 13.2 Å². The van der Waals surface area contributed by atoms with Crippen LogP contribution in [0, 0.1) is 0 Å². The third-order valence-corrected chi connectivity index (χ3v) is 2.20. The molecule has 1 aromatic rings. The molecule has 0 radical (unpaired) electrons. The SMILES string of the molecule is O=C1NCCOc2cc(C(F)(F)F)ccc21. The van der Waals surface area contributed by atoms with Crippen molar-refractivity contribution in [2.75, 3.05) is 13.2 Å². The second-order valence-corrected chi connectivity index (χ2v) is 3.31. The topological polar surface area (TPSA) is 38.3 Å². The van der Waals surface area contributed by atoms with Gasteiger partial charge in [0.25, 0.3) is 5.91 Å². The second kappa shape index (κ2) is 3.70. The maximum atomic E-state index is 12.4. The van der Waals surface area contributed by atoms with Gasteiger partial charge in [-0.05, 0) is 18.2 Å². The summed E-state index contributed by atoms with van der Waals surface area (Å²) in [5, 5.41) is 2.51. The van der Waals surface area contributed by atoms with Gasteiger partial charge in [0, 0.05) is 0 Å². The zero-order valence-electron chi connectivity index (χ0n) is 8.10. The summed E-state index contributed by atoms with van der Waals surface area (Å²) in [5.41, 5.74) is -0.688. The Morgan fingerprint density at radius 1 is 1.31 bits per heavy atom. The molecule has 1 aromatic carbocycles. The summed E-state index contributed by atoms with van der Waals surface area (Å²) in [4.78, 5) is 11.4. The van der Waals surface area contributed by atoms with E-state index in [1.54, 1.807) is 0 Å². The molecule has 0 unspecified atom stereocenters. The smallest absolute Gasteiger partial charge is 0.416 e. The lowest BCUT2D eigenvalue weighted by Gasteiger charge is -2.10. The lowest BCUT2D eigenvalue weighted by Crippen LogP contribution is -2.24. The number of ether oxygens (including phenoxy) is 1. The Labute approximate surface area is 89.2 Å². The Morgan fingerprint density at radius 2 is 2.06 bits per heavy atom. The van der Waals surface area contributed by atoms with Crippen molar-refractivity contribution < 1.29 is 22.7 Å². The van der Waals surface area contributed by atoms with Crippen molar-refractivity contribution >= 4 is 5.91 Å². The highest BCUT2D eigenvalue weighted by Crippen LogP contribution is 2.33. The van der Waals surface area contributed by atoms with Gasteiger partial charge in [-0.15, -0.1) is 0 Å². The maximum Gasteiger partial charge on any atom is 0.416 e.